The van der Waals surface area contributed by atoms with Crippen LogP contribution in [0.15, 0.2) is 48.5 Å². The molecule has 0 aliphatic rings. The summed E-state index contributed by atoms with van der Waals surface area (Å²) in [4.78, 5) is 11.6. The molecule has 0 saturated heterocycles. The molecule has 112 valence electrons. The summed E-state index contributed by atoms with van der Waals surface area (Å²) in [5.74, 6) is 6.24. The molecule has 0 aromatic heterocycles. The Morgan fingerprint density at radius 1 is 1.23 bits per heavy atom. The minimum absolute atomic E-state index is 0.0305. The number of nitrogens with one attached hydrogen (secondary N) is 1. The molecule has 2 rings (SSSR count). The van der Waals surface area contributed by atoms with Crippen molar-refractivity contribution in [3.8, 4) is 17.6 Å². The van der Waals surface area contributed by atoms with Crippen molar-refractivity contribution >= 4 is 17.5 Å². The number of benzene rings is 2. The molecule has 22 heavy (non-hydrogen) atoms. The lowest BCUT2D eigenvalue weighted by atomic mass is 10.2. The molecule has 0 aliphatic heterocycles. The van der Waals surface area contributed by atoms with Crippen LogP contribution in [-0.2, 0) is 4.79 Å². The Balaban J connectivity index is 1.76. The first-order valence-corrected chi connectivity index (χ1v) is 7.22. The molecule has 1 amide bonds. The summed E-state index contributed by atoms with van der Waals surface area (Å²) in [6, 6.07) is 14.9. The number of rotatable bonds is 4. The van der Waals surface area contributed by atoms with Gasteiger partial charge in [-0.3, -0.25) is 4.79 Å². The molecule has 0 atom stereocenters. The van der Waals surface area contributed by atoms with Gasteiger partial charge in [0.25, 0.3) is 5.91 Å². The van der Waals surface area contributed by atoms with Crippen molar-refractivity contribution < 1.29 is 9.53 Å². The zero-order chi connectivity index (χ0) is 15.8. The van der Waals surface area contributed by atoms with E-state index in [0.717, 1.165) is 11.1 Å². The third-order valence-electron chi connectivity index (χ3n) is 2.83. The van der Waals surface area contributed by atoms with Gasteiger partial charge in [0, 0.05) is 5.56 Å². The van der Waals surface area contributed by atoms with E-state index in [0.29, 0.717) is 10.8 Å². The Morgan fingerprint density at radius 2 is 2.05 bits per heavy atom. The van der Waals surface area contributed by atoms with Crippen LogP contribution < -0.4 is 10.1 Å². The normalized spacial score (nSPS) is 9.55. The molecular formula is C18H16ClNO2. The first kappa shape index (κ1) is 15.9. The quantitative estimate of drug-likeness (QED) is 0.880. The fraction of sp³-hybridized carbons (Fsp3) is 0.167. The summed E-state index contributed by atoms with van der Waals surface area (Å²) in [6.07, 6.45) is 0. The van der Waals surface area contributed by atoms with E-state index in [-0.39, 0.29) is 19.1 Å². The van der Waals surface area contributed by atoms with Crippen LogP contribution >= 0.6 is 11.6 Å². The second kappa shape index (κ2) is 8.11. The lowest BCUT2D eigenvalue weighted by Crippen LogP contribution is -2.29. The number of ether oxygens (including phenoxy) is 1. The van der Waals surface area contributed by atoms with Gasteiger partial charge in [-0.1, -0.05) is 47.7 Å². The fourth-order valence-electron chi connectivity index (χ4n) is 1.75. The first-order valence-electron chi connectivity index (χ1n) is 6.85. The van der Waals surface area contributed by atoms with Gasteiger partial charge >= 0.3 is 0 Å². The molecule has 0 saturated carbocycles. The van der Waals surface area contributed by atoms with Crippen LogP contribution in [-0.4, -0.2) is 19.1 Å². The monoisotopic (exact) mass is 313 g/mol. The molecule has 3 nitrogen and oxygen atoms in total. The average molecular weight is 314 g/mol. The van der Waals surface area contributed by atoms with E-state index in [1.54, 1.807) is 6.07 Å². The Hall–Kier alpha value is -2.44. The number of hydrogen-bond acceptors (Lipinski definition) is 2. The van der Waals surface area contributed by atoms with Crippen molar-refractivity contribution in [2.24, 2.45) is 0 Å². The maximum absolute atomic E-state index is 11.6. The van der Waals surface area contributed by atoms with Crippen molar-refractivity contribution in [3.05, 3.63) is 64.7 Å². The van der Waals surface area contributed by atoms with E-state index in [1.165, 1.54) is 0 Å². The van der Waals surface area contributed by atoms with E-state index in [2.05, 4.69) is 17.2 Å². The van der Waals surface area contributed by atoms with Crippen LogP contribution in [0.1, 0.15) is 11.1 Å². The minimum Gasteiger partial charge on any atom is -0.484 e. The highest BCUT2D eigenvalue weighted by Gasteiger charge is 2.01. The predicted octanol–water partition coefficient (Wildman–Crippen LogP) is 3.20. The summed E-state index contributed by atoms with van der Waals surface area (Å²) in [7, 11) is 0. The van der Waals surface area contributed by atoms with Crippen LogP contribution in [0.25, 0.3) is 0 Å². The molecule has 4 heteroatoms. The third-order valence-corrected chi connectivity index (χ3v) is 3.16. The molecular weight excluding hydrogens is 298 g/mol. The fourth-order valence-corrected chi connectivity index (χ4v) is 1.93. The van der Waals surface area contributed by atoms with Crippen molar-refractivity contribution in [1.29, 1.82) is 0 Å². The van der Waals surface area contributed by atoms with E-state index < -0.39 is 0 Å². The number of carbonyl (C=O) groups is 1. The van der Waals surface area contributed by atoms with Crippen LogP contribution in [0.2, 0.25) is 5.02 Å². The van der Waals surface area contributed by atoms with Gasteiger partial charge in [-0.15, -0.1) is 0 Å². The molecule has 2 aromatic rings. The van der Waals surface area contributed by atoms with Crippen molar-refractivity contribution in [2.45, 2.75) is 6.92 Å². The van der Waals surface area contributed by atoms with Gasteiger partial charge in [0.2, 0.25) is 0 Å². The molecule has 0 spiro atoms. The highest BCUT2D eigenvalue weighted by atomic mass is 35.5. The summed E-state index contributed by atoms with van der Waals surface area (Å²) in [5, 5.41) is 3.28. The number of hydrogen-bond donors (Lipinski definition) is 1. The van der Waals surface area contributed by atoms with Gasteiger partial charge in [0.1, 0.15) is 5.75 Å². The highest BCUT2D eigenvalue weighted by Crippen LogP contribution is 2.13. The molecule has 0 aliphatic carbocycles. The molecule has 0 fully saturated rings. The van der Waals surface area contributed by atoms with Gasteiger partial charge in [-0.2, -0.15) is 0 Å². The van der Waals surface area contributed by atoms with E-state index >= 15 is 0 Å². The molecule has 2 aromatic carbocycles. The van der Waals surface area contributed by atoms with Crippen molar-refractivity contribution in [1.82, 2.24) is 5.32 Å². The van der Waals surface area contributed by atoms with Crippen LogP contribution in [0.5, 0.6) is 5.75 Å². The van der Waals surface area contributed by atoms with Crippen LogP contribution in [0.4, 0.5) is 0 Å². The smallest absolute Gasteiger partial charge is 0.258 e. The van der Waals surface area contributed by atoms with Gasteiger partial charge in [0.05, 0.1) is 11.6 Å². The largest absolute Gasteiger partial charge is 0.484 e. The first-order chi connectivity index (χ1) is 10.6. The summed E-state index contributed by atoms with van der Waals surface area (Å²) in [5.41, 5.74) is 1.83. The molecule has 0 bridgehead atoms. The number of carbonyl (C=O) groups excluding carboxylic acids is 1. The summed E-state index contributed by atoms with van der Waals surface area (Å²) >= 11 is 5.99. The Labute approximate surface area is 135 Å². The molecule has 0 unspecified atom stereocenters. The molecule has 1 N–H and O–H groups in total. The van der Waals surface area contributed by atoms with E-state index in [4.69, 9.17) is 16.3 Å². The van der Waals surface area contributed by atoms with Crippen molar-refractivity contribution in [3.63, 3.8) is 0 Å². The SMILES string of the molecule is Cc1cccc(OCC(=O)NCC#Cc2ccccc2Cl)c1. The van der Waals surface area contributed by atoms with Crippen molar-refractivity contribution in [2.75, 3.05) is 13.2 Å². The number of amides is 1. The second-order valence-corrected chi connectivity index (χ2v) is 5.07. The zero-order valence-electron chi connectivity index (χ0n) is 12.2. The second-order valence-electron chi connectivity index (χ2n) is 4.66. The van der Waals surface area contributed by atoms with E-state index in [9.17, 15) is 4.79 Å². The Bertz CT molecular complexity index is 716. The van der Waals surface area contributed by atoms with Gasteiger partial charge in [-0.25, -0.2) is 0 Å². The van der Waals surface area contributed by atoms with Crippen LogP contribution in [0, 0.1) is 18.8 Å². The minimum atomic E-state index is -0.213. The maximum Gasteiger partial charge on any atom is 0.258 e. The average Bonchev–Trinajstić information content (AvgIpc) is 2.51. The Kier molecular flexibility index (Phi) is 5.88. The van der Waals surface area contributed by atoms with Gasteiger partial charge < -0.3 is 10.1 Å². The molecule has 0 radical (unpaired) electrons. The summed E-state index contributed by atoms with van der Waals surface area (Å²) < 4.78 is 5.40. The zero-order valence-corrected chi connectivity index (χ0v) is 13.0. The number of aryl methyl sites for hydroxylation is 1. The third kappa shape index (κ3) is 5.16. The maximum atomic E-state index is 11.6. The van der Waals surface area contributed by atoms with Gasteiger partial charge in [0.15, 0.2) is 6.61 Å². The van der Waals surface area contributed by atoms with Gasteiger partial charge in [-0.05, 0) is 36.8 Å². The molecule has 0 heterocycles. The highest BCUT2D eigenvalue weighted by molar-refractivity contribution is 6.31. The standard InChI is InChI=1S/C18H16ClNO2/c1-14-6-4-9-16(12-14)22-13-18(21)20-11-5-8-15-7-2-3-10-17(15)19/h2-4,6-7,9-10,12H,11,13H2,1H3,(H,20,21). The number of halogens is 1. The lowest BCUT2D eigenvalue weighted by Gasteiger charge is -2.06. The predicted molar refractivity (Wildman–Crippen MR) is 88.0 cm³/mol. The summed E-state index contributed by atoms with van der Waals surface area (Å²) in [6.45, 7) is 2.19. The van der Waals surface area contributed by atoms with Crippen LogP contribution in [0.3, 0.4) is 0 Å². The Morgan fingerprint density at radius 3 is 2.82 bits per heavy atom. The van der Waals surface area contributed by atoms with E-state index in [1.807, 2.05) is 49.4 Å². The topological polar surface area (TPSA) is 38.3 Å². The lowest BCUT2D eigenvalue weighted by molar-refractivity contribution is -0.122.